The molecule has 0 bridgehead atoms. The number of imide groups is 1. The van der Waals surface area contributed by atoms with Gasteiger partial charge >= 0.3 is 6.03 Å². The van der Waals surface area contributed by atoms with Gasteiger partial charge in [0.25, 0.3) is 0 Å². The number of hydrogen-bond donors (Lipinski definition) is 1. The van der Waals surface area contributed by atoms with E-state index in [4.69, 9.17) is 0 Å². The third-order valence-corrected chi connectivity index (χ3v) is 2.01. The number of nitrogens with one attached hydrogen (secondary N) is 1. The van der Waals surface area contributed by atoms with Crippen LogP contribution < -0.4 is 5.32 Å². The van der Waals surface area contributed by atoms with Gasteiger partial charge in [-0.2, -0.15) is 0 Å². The zero-order chi connectivity index (χ0) is 15.3. The molecule has 0 spiro atoms. The van der Waals surface area contributed by atoms with Crippen LogP contribution in [0, 0.1) is 0 Å². The largest absolute Gasteiger partial charge is 0.324 e. The van der Waals surface area contributed by atoms with Crippen LogP contribution in [0.3, 0.4) is 0 Å². The number of rotatable bonds is 4. The normalized spacial score (nSPS) is 14.3. The topological polar surface area (TPSA) is 61.8 Å². The van der Waals surface area contributed by atoms with Crippen LogP contribution in [0.2, 0.25) is 0 Å². The standard InChI is InChI=1S/C10H13N3O2.2C2H6/c1-3-4-8(11-2)7-13-6-5-9(14)12-10(13)15;2*1-2/h3-4H,1-2,5-7H2,(H,12,14,15);2*1-2H3/b8-4-;;. The van der Waals surface area contributed by atoms with Gasteiger partial charge in [0.1, 0.15) is 0 Å². The molecule has 0 aromatic carbocycles. The Morgan fingerprint density at radius 3 is 2.37 bits per heavy atom. The SMILES string of the molecule is C=C/C=C(/CN1CCC(=O)NC1=O)N=C.CC.CC. The molecule has 1 aliphatic heterocycles. The van der Waals surface area contributed by atoms with Gasteiger partial charge in [-0.1, -0.05) is 40.3 Å². The number of urea groups is 1. The minimum atomic E-state index is -0.384. The quantitative estimate of drug-likeness (QED) is 0.629. The molecule has 0 saturated carbocycles. The van der Waals surface area contributed by atoms with E-state index in [1.165, 1.54) is 4.90 Å². The molecule has 1 heterocycles. The highest BCUT2D eigenvalue weighted by molar-refractivity contribution is 5.96. The van der Waals surface area contributed by atoms with Crippen molar-refractivity contribution in [1.82, 2.24) is 10.2 Å². The summed E-state index contributed by atoms with van der Waals surface area (Å²) in [7, 11) is 0. The molecule has 19 heavy (non-hydrogen) atoms. The van der Waals surface area contributed by atoms with E-state index in [0.29, 0.717) is 25.2 Å². The predicted molar refractivity (Wildman–Crippen MR) is 80.3 cm³/mol. The molecule has 1 rings (SSSR count). The highest BCUT2D eigenvalue weighted by Crippen LogP contribution is 2.05. The maximum Gasteiger partial charge on any atom is 0.324 e. The van der Waals surface area contributed by atoms with E-state index >= 15 is 0 Å². The van der Waals surface area contributed by atoms with E-state index < -0.39 is 0 Å². The summed E-state index contributed by atoms with van der Waals surface area (Å²) in [6.45, 7) is 15.7. The van der Waals surface area contributed by atoms with Crippen molar-refractivity contribution in [3.05, 3.63) is 24.4 Å². The monoisotopic (exact) mass is 267 g/mol. The van der Waals surface area contributed by atoms with Crippen LogP contribution >= 0.6 is 0 Å². The van der Waals surface area contributed by atoms with E-state index in [0.717, 1.165) is 0 Å². The van der Waals surface area contributed by atoms with Crippen molar-refractivity contribution >= 4 is 18.7 Å². The average Bonchev–Trinajstić information content (AvgIpc) is 2.45. The average molecular weight is 267 g/mol. The lowest BCUT2D eigenvalue weighted by atomic mass is 10.3. The van der Waals surface area contributed by atoms with Gasteiger partial charge in [-0.05, 0) is 12.8 Å². The molecular formula is C14H25N3O2. The van der Waals surface area contributed by atoms with E-state index in [2.05, 4.69) is 23.6 Å². The molecule has 0 aromatic heterocycles. The molecule has 1 saturated heterocycles. The number of allylic oxidation sites excluding steroid dienone is 2. The van der Waals surface area contributed by atoms with Gasteiger partial charge in [-0.25, -0.2) is 4.79 Å². The molecule has 108 valence electrons. The molecule has 0 unspecified atom stereocenters. The van der Waals surface area contributed by atoms with Gasteiger partial charge in [0, 0.05) is 13.0 Å². The Balaban J connectivity index is 0. The van der Waals surface area contributed by atoms with Crippen LogP contribution in [0.5, 0.6) is 0 Å². The number of nitrogens with zero attached hydrogens (tertiary/aromatic N) is 2. The second-order valence-corrected chi connectivity index (χ2v) is 3.08. The fraction of sp³-hybridized carbons (Fsp3) is 0.500. The Hall–Kier alpha value is -1.91. The third kappa shape index (κ3) is 7.91. The van der Waals surface area contributed by atoms with Crippen LogP contribution in [0.4, 0.5) is 4.79 Å². The number of carbonyl (C=O) groups excluding carboxylic acids is 2. The second kappa shape index (κ2) is 12.5. The van der Waals surface area contributed by atoms with Crippen LogP contribution in [0.25, 0.3) is 0 Å². The molecule has 0 atom stereocenters. The fourth-order valence-electron chi connectivity index (χ4n) is 1.24. The molecule has 5 nitrogen and oxygen atoms in total. The second-order valence-electron chi connectivity index (χ2n) is 3.08. The molecule has 0 aromatic rings. The summed E-state index contributed by atoms with van der Waals surface area (Å²) in [4.78, 5) is 27.5. The minimum absolute atomic E-state index is 0.239. The summed E-state index contributed by atoms with van der Waals surface area (Å²) in [5.74, 6) is -0.239. The smallest absolute Gasteiger partial charge is 0.318 e. The van der Waals surface area contributed by atoms with Crippen LogP contribution in [0.1, 0.15) is 34.1 Å². The van der Waals surface area contributed by atoms with E-state index in [1.807, 2.05) is 27.7 Å². The van der Waals surface area contributed by atoms with Gasteiger partial charge < -0.3 is 4.90 Å². The summed E-state index contributed by atoms with van der Waals surface area (Å²) in [5, 5.41) is 2.23. The molecule has 1 aliphatic rings. The Morgan fingerprint density at radius 1 is 1.37 bits per heavy atom. The van der Waals surface area contributed by atoms with Crippen LogP contribution in [0.15, 0.2) is 29.4 Å². The van der Waals surface area contributed by atoms with Crippen molar-refractivity contribution in [3.8, 4) is 0 Å². The van der Waals surface area contributed by atoms with Crippen molar-refractivity contribution in [3.63, 3.8) is 0 Å². The number of carbonyl (C=O) groups is 2. The summed E-state index contributed by atoms with van der Waals surface area (Å²) < 4.78 is 0. The van der Waals surface area contributed by atoms with Crippen molar-refractivity contribution in [2.45, 2.75) is 34.1 Å². The predicted octanol–water partition coefficient (Wildman–Crippen LogP) is 2.75. The highest BCUT2D eigenvalue weighted by atomic mass is 16.2. The summed E-state index contributed by atoms with van der Waals surface area (Å²) in [6, 6.07) is -0.384. The Labute approximate surface area is 116 Å². The molecule has 0 aliphatic carbocycles. The summed E-state index contributed by atoms with van der Waals surface area (Å²) in [6.07, 6.45) is 3.58. The van der Waals surface area contributed by atoms with Gasteiger partial charge in [0.05, 0.1) is 12.2 Å². The molecule has 1 N–H and O–H groups in total. The lowest BCUT2D eigenvalue weighted by Crippen LogP contribution is -2.49. The first kappa shape index (κ1) is 19.4. The number of aliphatic imine (C=N–C) groups is 1. The maximum absolute atomic E-state index is 11.3. The minimum Gasteiger partial charge on any atom is -0.318 e. The molecule has 0 radical (unpaired) electrons. The van der Waals surface area contributed by atoms with Gasteiger partial charge in [0.2, 0.25) is 5.91 Å². The van der Waals surface area contributed by atoms with E-state index in [-0.39, 0.29) is 11.9 Å². The first-order chi connectivity index (χ1) is 9.17. The maximum atomic E-state index is 11.3. The van der Waals surface area contributed by atoms with Crippen molar-refractivity contribution in [2.24, 2.45) is 4.99 Å². The number of hydrogen-bond acceptors (Lipinski definition) is 3. The van der Waals surface area contributed by atoms with Crippen molar-refractivity contribution in [1.29, 1.82) is 0 Å². The zero-order valence-corrected chi connectivity index (χ0v) is 12.4. The van der Waals surface area contributed by atoms with E-state index in [9.17, 15) is 9.59 Å². The Bertz CT molecular complexity index is 336. The van der Waals surface area contributed by atoms with Crippen molar-refractivity contribution in [2.75, 3.05) is 13.1 Å². The van der Waals surface area contributed by atoms with Crippen LogP contribution in [-0.2, 0) is 4.79 Å². The van der Waals surface area contributed by atoms with Gasteiger partial charge in [-0.15, -0.1) is 0 Å². The van der Waals surface area contributed by atoms with Crippen LogP contribution in [-0.4, -0.2) is 36.6 Å². The molecular weight excluding hydrogens is 242 g/mol. The first-order valence-corrected chi connectivity index (χ1v) is 6.54. The Kier molecular flexibility index (Phi) is 12.8. The number of amides is 3. The van der Waals surface area contributed by atoms with E-state index in [1.54, 1.807) is 12.2 Å². The molecule has 1 fully saturated rings. The lowest BCUT2D eigenvalue weighted by Gasteiger charge is -2.26. The lowest BCUT2D eigenvalue weighted by molar-refractivity contribution is -0.121. The van der Waals surface area contributed by atoms with Crippen molar-refractivity contribution < 1.29 is 9.59 Å². The fourth-order valence-corrected chi connectivity index (χ4v) is 1.24. The summed E-state index contributed by atoms with van der Waals surface area (Å²) >= 11 is 0. The molecule has 5 heteroatoms. The molecule has 3 amide bonds. The first-order valence-electron chi connectivity index (χ1n) is 6.54. The van der Waals surface area contributed by atoms with Gasteiger partial charge in [0.15, 0.2) is 0 Å². The van der Waals surface area contributed by atoms with Gasteiger partial charge in [-0.3, -0.25) is 15.1 Å². The highest BCUT2D eigenvalue weighted by Gasteiger charge is 2.22. The summed E-state index contributed by atoms with van der Waals surface area (Å²) in [5.41, 5.74) is 0.648. The Morgan fingerprint density at radius 2 is 1.95 bits per heavy atom. The third-order valence-electron chi connectivity index (χ3n) is 2.01. The zero-order valence-electron chi connectivity index (χ0n) is 12.4.